The Labute approximate surface area is 203 Å². The van der Waals surface area contributed by atoms with E-state index in [2.05, 4.69) is 5.32 Å². The molecule has 0 unspecified atom stereocenters. The van der Waals surface area contributed by atoms with Gasteiger partial charge in [0, 0.05) is 5.69 Å². The average molecular weight is 497 g/mol. The Bertz CT molecular complexity index is 1360. The van der Waals surface area contributed by atoms with Crippen LogP contribution < -0.4 is 14.2 Å². The molecule has 0 saturated carbocycles. The van der Waals surface area contributed by atoms with Crippen LogP contribution in [-0.2, 0) is 14.9 Å². The van der Waals surface area contributed by atoms with Crippen LogP contribution in [0, 0.1) is 18.3 Å². The maximum Gasteiger partial charge on any atom is 0.339 e. The summed E-state index contributed by atoms with van der Waals surface area (Å²) >= 11 is 6.33. The molecule has 3 rings (SSSR count). The van der Waals surface area contributed by atoms with Crippen molar-refractivity contribution in [1.82, 2.24) is 0 Å². The third-order valence-electron chi connectivity index (χ3n) is 4.54. The van der Waals surface area contributed by atoms with Crippen LogP contribution in [0.3, 0.4) is 0 Å². The van der Waals surface area contributed by atoms with Gasteiger partial charge in [-0.3, -0.25) is 4.79 Å². The van der Waals surface area contributed by atoms with E-state index in [0.717, 1.165) is 5.56 Å². The number of ether oxygens (including phenoxy) is 1. The van der Waals surface area contributed by atoms with E-state index in [4.69, 9.17) is 20.5 Å². The Hall–Kier alpha value is -3.80. The zero-order valence-electron chi connectivity index (χ0n) is 18.4. The molecule has 0 saturated heterocycles. The molecular formula is C25H21ClN2O5S. The lowest BCUT2D eigenvalue weighted by Gasteiger charge is -2.14. The normalized spacial score (nSPS) is 11.4. The molecule has 0 aromatic heterocycles. The fourth-order valence-electron chi connectivity index (χ4n) is 2.91. The van der Waals surface area contributed by atoms with Gasteiger partial charge in [-0.05, 0) is 61.9 Å². The number of benzene rings is 3. The summed E-state index contributed by atoms with van der Waals surface area (Å²) in [6, 6.07) is 19.4. The van der Waals surface area contributed by atoms with Gasteiger partial charge in [-0.2, -0.15) is 13.7 Å². The van der Waals surface area contributed by atoms with E-state index in [-0.39, 0.29) is 33.6 Å². The van der Waals surface area contributed by atoms with Crippen molar-refractivity contribution in [1.29, 1.82) is 5.26 Å². The second-order valence-electron chi connectivity index (χ2n) is 7.10. The molecule has 0 heterocycles. The number of nitrogens with zero attached hydrogens (tertiary/aromatic N) is 1. The molecule has 34 heavy (non-hydrogen) atoms. The molecule has 3 aromatic carbocycles. The second-order valence-corrected chi connectivity index (χ2v) is 9.06. The van der Waals surface area contributed by atoms with Crippen molar-refractivity contribution in [2.75, 3.05) is 11.9 Å². The molecular weight excluding hydrogens is 476 g/mol. The first kappa shape index (κ1) is 24.8. The smallest absolute Gasteiger partial charge is 0.339 e. The van der Waals surface area contributed by atoms with Crippen LogP contribution in [0.15, 0.2) is 77.2 Å². The number of hydrogen-bond acceptors (Lipinski definition) is 6. The number of nitriles is 1. The first-order valence-electron chi connectivity index (χ1n) is 10.2. The number of carbonyl (C=O) groups is 1. The molecule has 174 valence electrons. The fraction of sp³-hybridized carbons (Fsp3) is 0.120. The molecule has 3 aromatic rings. The van der Waals surface area contributed by atoms with Gasteiger partial charge in [0.25, 0.3) is 5.91 Å². The number of amides is 1. The van der Waals surface area contributed by atoms with Gasteiger partial charge in [0.05, 0.1) is 11.6 Å². The van der Waals surface area contributed by atoms with E-state index in [1.165, 1.54) is 30.3 Å². The van der Waals surface area contributed by atoms with Gasteiger partial charge in [-0.1, -0.05) is 47.5 Å². The van der Waals surface area contributed by atoms with E-state index < -0.39 is 16.0 Å². The van der Waals surface area contributed by atoms with Crippen molar-refractivity contribution in [3.8, 4) is 17.6 Å². The van der Waals surface area contributed by atoms with Crippen molar-refractivity contribution >= 4 is 39.4 Å². The number of carbonyl (C=O) groups excluding carboxylic acids is 1. The zero-order valence-corrected chi connectivity index (χ0v) is 20.0. The summed E-state index contributed by atoms with van der Waals surface area (Å²) in [7, 11) is -4.16. The standard InChI is InChI=1S/C25H21ClN2O5S/c1-3-32-23-15-18(13-19(16-27)25(29)28-20-11-9-17(2)10-12-20)14-22(26)24(23)33-34(30,31)21-7-5-4-6-8-21/h4-15H,3H2,1-2H3,(H,28,29)/b19-13+. The molecule has 9 heteroatoms. The van der Waals surface area contributed by atoms with Gasteiger partial charge < -0.3 is 14.2 Å². The molecule has 0 bridgehead atoms. The Balaban J connectivity index is 1.93. The summed E-state index contributed by atoms with van der Waals surface area (Å²) in [5.41, 5.74) is 1.75. The van der Waals surface area contributed by atoms with E-state index in [1.54, 1.807) is 37.3 Å². The van der Waals surface area contributed by atoms with Crippen molar-refractivity contribution in [2.45, 2.75) is 18.7 Å². The van der Waals surface area contributed by atoms with Crippen LogP contribution in [0.1, 0.15) is 18.1 Å². The van der Waals surface area contributed by atoms with E-state index in [9.17, 15) is 18.5 Å². The molecule has 0 radical (unpaired) electrons. The molecule has 1 amide bonds. The molecule has 0 atom stereocenters. The highest BCUT2D eigenvalue weighted by atomic mass is 35.5. The summed E-state index contributed by atoms with van der Waals surface area (Å²) in [6.45, 7) is 3.83. The third-order valence-corrected chi connectivity index (χ3v) is 6.06. The lowest BCUT2D eigenvalue weighted by Crippen LogP contribution is -2.13. The van der Waals surface area contributed by atoms with Gasteiger partial charge >= 0.3 is 10.1 Å². The van der Waals surface area contributed by atoms with Crippen LogP contribution in [0.5, 0.6) is 11.5 Å². The molecule has 0 aliphatic heterocycles. The van der Waals surface area contributed by atoms with Crippen molar-refractivity contribution in [3.05, 3.63) is 88.5 Å². The lowest BCUT2D eigenvalue weighted by molar-refractivity contribution is -0.112. The Morgan fingerprint density at radius 1 is 1.12 bits per heavy atom. The predicted molar refractivity (Wildman–Crippen MR) is 130 cm³/mol. The fourth-order valence-corrected chi connectivity index (χ4v) is 4.19. The van der Waals surface area contributed by atoms with Crippen LogP contribution in [-0.4, -0.2) is 20.9 Å². The molecule has 0 fully saturated rings. The summed E-state index contributed by atoms with van der Waals surface area (Å²) in [5.74, 6) is -0.739. The average Bonchev–Trinajstić information content (AvgIpc) is 2.82. The third kappa shape index (κ3) is 6.16. The summed E-state index contributed by atoms with van der Waals surface area (Å²) in [5, 5.41) is 12.1. The number of nitrogens with one attached hydrogen (secondary N) is 1. The van der Waals surface area contributed by atoms with Crippen molar-refractivity contribution in [2.24, 2.45) is 0 Å². The highest BCUT2D eigenvalue weighted by Crippen LogP contribution is 2.39. The van der Waals surface area contributed by atoms with E-state index in [0.29, 0.717) is 11.3 Å². The minimum Gasteiger partial charge on any atom is -0.490 e. The Morgan fingerprint density at radius 2 is 1.79 bits per heavy atom. The van der Waals surface area contributed by atoms with Gasteiger partial charge in [0.2, 0.25) is 5.75 Å². The van der Waals surface area contributed by atoms with Crippen molar-refractivity contribution in [3.63, 3.8) is 0 Å². The van der Waals surface area contributed by atoms with Crippen LogP contribution in [0.25, 0.3) is 6.08 Å². The molecule has 0 spiro atoms. The Kier molecular flexibility index (Phi) is 7.95. The molecule has 0 aliphatic rings. The van der Waals surface area contributed by atoms with Gasteiger partial charge in [-0.25, -0.2) is 0 Å². The summed E-state index contributed by atoms with van der Waals surface area (Å²) in [6.07, 6.45) is 1.33. The van der Waals surface area contributed by atoms with Crippen molar-refractivity contribution < 1.29 is 22.1 Å². The van der Waals surface area contributed by atoms with Crippen LogP contribution in [0.2, 0.25) is 5.02 Å². The Morgan fingerprint density at radius 3 is 2.41 bits per heavy atom. The van der Waals surface area contributed by atoms with E-state index >= 15 is 0 Å². The van der Waals surface area contributed by atoms with Gasteiger partial charge in [-0.15, -0.1) is 0 Å². The maximum absolute atomic E-state index is 12.7. The summed E-state index contributed by atoms with van der Waals surface area (Å²) in [4.78, 5) is 12.5. The highest BCUT2D eigenvalue weighted by Gasteiger charge is 2.22. The topological polar surface area (TPSA) is 105 Å². The minimum absolute atomic E-state index is 0.0444. The highest BCUT2D eigenvalue weighted by molar-refractivity contribution is 7.87. The lowest BCUT2D eigenvalue weighted by atomic mass is 10.1. The number of aryl methyl sites for hydroxylation is 1. The SMILES string of the molecule is CCOc1cc(/C=C(\C#N)C(=O)Nc2ccc(C)cc2)cc(Cl)c1OS(=O)(=O)c1ccccc1. The second kappa shape index (κ2) is 10.9. The zero-order chi connectivity index (χ0) is 24.7. The molecule has 7 nitrogen and oxygen atoms in total. The predicted octanol–water partition coefficient (Wildman–Crippen LogP) is 5.36. The number of rotatable bonds is 8. The minimum atomic E-state index is -4.16. The monoisotopic (exact) mass is 496 g/mol. The van der Waals surface area contributed by atoms with Crippen LogP contribution >= 0.6 is 11.6 Å². The largest absolute Gasteiger partial charge is 0.490 e. The number of hydrogen-bond donors (Lipinski definition) is 1. The maximum atomic E-state index is 12.7. The first-order valence-corrected chi connectivity index (χ1v) is 12.0. The van der Waals surface area contributed by atoms with Crippen LogP contribution in [0.4, 0.5) is 5.69 Å². The quantitative estimate of drug-likeness (QED) is 0.255. The van der Waals surface area contributed by atoms with Gasteiger partial charge in [0.1, 0.15) is 16.5 Å². The number of halogens is 1. The molecule has 1 N–H and O–H groups in total. The first-order chi connectivity index (χ1) is 16.2. The number of anilines is 1. The molecule has 0 aliphatic carbocycles. The summed E-state index contributed by atoms with van der Waals surface area (Å²) < 4.78 is 36.1. The van der Waals surface area contributed by atoms with E-state index in [1.807, 2.05) is 25.1 Å². The van der Waals surface area contributed by atoms with Gasteiger partial charge in [0.15, 0.2) is 5.75 Å².